The molecule has 0 amide bonds. The van der Waals surface area contributed by atoms with Gasteiger partial charge in [-0.3, -0.25) is 0 Å². The molecule has 1 aromatic carbocycles. The van der Waals surface area contributed by atoms with Crippen molar-refractivity contribution >= 4 is 26.9 Å². The van der Waals surface area contributed by atoms with E-state index < -0.39 is 9.84 Å². The number of benzene rings is 1. The first-order valence-corrected chi connectivity index (χ1v) is 9.53. The predicted octanol–water partition coefficient (Wildman–Crippen LogP) is 3.50. The Balaban J connectivity index is 2.17. The zero-order chi connectivity index (χ0) is 15.3. The van der Waals surface area contributed by atoms with Crippen LogP contribution in [0.15, 0.2) is 35.4 Å². The maximum atomic E-state index is 12.3. The van der Waals surface area contributed by atoms with Gasteiger partial charge >= 0.3 is 0 Å². The third-order valence-corrected chi connectivity index (χ3v) is 6.19. The third-order valence-electron chi connectivity index (χ3n) is 3.07. The smallest absolute Gasteiger partial charge is 0.180 e. The second kappa shape index (κ2) is 7.04. The highest BCUT2D eigenvalue weighted by Crippen LogP contribution is 2.24. The molecule has 0 aliphatic heterocycles. The van der Waals surface area contributed by atoms with Gasteiger partial charge in [0, 0.05) is 11.1 Å². The van der Waals surface area contributed by atoms with Crippen LogP contribution in [0.3, 0.4) is 0 Å². The Bertz CT molecular complexity index is 693. The Kier molecular flexibility index (Phi) is 5.36. The normalized spacial score (nSPS) is 11.5. The van der Waals surface area contributed by atoms with Crippen molar-refractivity contribution in [3.05, 3.63) is 40.3 Å². The molecule has 4 nitrogen and oxygen atoms in total. The van der Waals surface area contributed by atoms with Crippen molar-refractivity contribution in [1.29, 1.82) is 0 Å². The van der Waals surface area contributed by atoms with Crippen molar-refractivity contribution in [3.63, 3.8) is 0 Å². The second-order valence-corrected chi connectivity index (χ2v) is 8.02. The van der Waals surface area contributed by atoms with Gasteiger partial charge in [0.2, 0.25) is 0 Å². The van der Waals surface area contributed by atoms with Crippen LogP contribution in [0, 0.1) is 0 Å². The Labute approximate surface area is 130 Å². The monoisotopic (exact) mass is 324 g/mol. The summed E-state index contributed by atoms with van der Waals surface area (Å²) < 4.78 is 24.5. The highest BCUT2D eigenvalue weighted by atomic mass is 32.2. The summed E-state index contributed by atoms with van der Waals surface area (Å²) >= 11 is 1.65. The van der Waals surface area contributed by atoms with Crippen LogP contribution < -0.4 is 5.32 Å². The molecule has 21 heavy (non-hydrogen) atoms. The topological polar surface area (TPSA) is 59.1 Å². The van der Waals surface area contributed by atoms with E-state index in [4.69, 9.17) is 0 Å². The fraction of sp³-hybridized carbons (Fsp3) is 0.400. The van der Waals surface area contributed by atoms with Crippen molar-refractivity contribution in [3.8, 4) is 0 Å². The summed E-state index contributed by atoms with van der Waals surface area (Å²) in [5.74, 6) is 0.170. The number of hydrogen-bond donors (Lipinski definition) is 1. The van der Waals surface area contributed by atoms with E-state index >= 15 is 0 Å². The molecule has 0 saturated carbocycles. The maximum Gasteiger partial charge on any atom is 0.180 e. The van der Waals surface area contributed by atoms with E-state index in [0.717, 1.165) is 11.4 Å². The van der Waals surface area contributed by atoms with Crippen LogP contribution in [0.5, 0.6) is 0 Å². The fourth-order valence-corrected chi connectivity index (χ4v) is 4.35. The molecule has 0 spiro atoms. The summed E-state index contributed by atoms with van der Waals surface area (Å²) in [5.41, 5.74) is 0.652. The molecular formula is C15H20N2O2S2. The molecule has 114 valence electrons. The number of nitrogens with zero attached hydrogens (tertiary/aromatic N) is 1. The van der Waals surface area contributed by atoms with Crippen LogP contribution in [-0.2, 0) is 22.8 Å². The van der Waals surface area contributed by atoms with Crippen LogP contribution in [0.4, 0.5) is 5.69 Å². The molecule has 0 unspecified atom stereocenters. The summed E-state index contributed by atoms with van der Waals surface area (Å²) in [4.78, 5) is 5.95. The Morgan fingerprint density at radius 3 is 2.67 bits per heavy atom. The first-order valence-electron chi connectivity index (χ1n) is 7.06. The van der Waals surface area contributed by atoms with Crippen molar-refractivity contribution in [2.45, 2.75) is 38.1 Å². The zero-order valence-electron chi connectivity index (χ0n) is 12.3. The van der Waals surface area contributed by atoms with E-state index in [9.17, 15) is 8.42 Å². The van der Waals surface area contributed by atoms with Gasteiger partial charge in [-0.05, 0) is 25.0 Å². The zero-order valence-corrected chi connectivity index (χ0v) is 13.9. The Hall–Kier alpha value is -1.40. The highest BCUT2D eigenvalue weighted by Gasteiger charge is 2.17. The van der Waals surface area contributed by atoms with Gasteiger partial charge in [-0.1, -0.05) is 26.0 Å². The maximum absolute atomic E-state index is 12.3. The van der Waals surface area contributed by atoms with E-state index in [0.29, 0.717) is 23.5 Å². The fourth-order valence-electron chi connectivity index (χ4n) is 2.03. The molecule has 1 N–H and O–H groups in total. The van der Waals surface area contributed by atoms with Gasteiger partial charge in [0.1, 0.15) is 5.01 Å². The lowest BCUT2D eigenvalue weighted by atomic mass is 10.3. The van der Waals surface area contributed by atoms with E-state index in [-0.39, 0.29) is 5.75 Å². The summed E-state index contributed by atoms with van der Waals surface area (Å²) in [6, 6.07) is 7.06. The van der Waals surface area contributed by atoms with E-state index in [2.05, 4.69) is 17.2 Å². The molecule has 0 aliphatic carbocycles. The minimum atomic E-state index is -3.22. The number of sulfone groups is 1. The minimum absolute atomic E-state index is 0.170. The lowest BCUT2D eigenvalue weighted by Gasteiger charge is -2.11. The lowest BCUT2D eigenvalue weighted by molar-refractivity contribution is 0.595. The van der Waals surface area contributed by atoms with Gasteiger partial charge in [-0.15, -0.1) is 11.3 Å². The number of nitrogens with one attached hydrogen (secondary N) is 1. The molecule has 0 aliphatic rings. The summed E-state index contributed by atoms with van der Waals surface area (Å²) in [6.45, 7) is 4.51. The molecule has 2 rings (SSSR count). The number of aryl methyl sites for hydroxylation is 1. The molecule has 1 aromatic heterocycles. The van der Waals surface area contributed by atoms with Gasteiger partial charge < -0.3 is 5.32 Å². The average Bonchev–Trinajstić information content (AvgIpc) is 2.93. The predicted molar refractivity (Wildman–Crippen MR) is 87.6 cm³/mol. The van der Waals surface area contributed by atoms with E-state index in [1.54, 1.807) is 29.5 Å². The van der Waals surface area contributed by atoms with Gasteiger partial charge in [-0.2, -0.15) is 0 Å². The summed E-state index contributed by atoms with van der Waals surface area (Å²) in [7, 11) is -3.22. The van der Waals surface area contributed by atoms with E-state index in [1.807, 2.05) is 19.2 Å². The van der Waals surface area contributed by atoms with Crippen LogP contribution in [-0.4, -0.2) is 19.2 Å². The Morgan fingerprint density at radius 1 is 1.24 bits per heavy atom. The average molecular weight is 324 g/mol. The largest absolute Gasteiger partial charge is 0.377 e. The quantitative estimate of drug-likeness (QED) is 0.847. The summed E-state index contributed by atoms with van der Waals surface area (Å²) in [6.07, 6.45) is 3.46. The van der Waals surface area contributed by atoms with Gasteiger partial charge in [0.25, 0.3) is 0 Å². The van der Waals surface area contributed by atoms with Gasteiger partial charge in [-0.25, -0.2) is 13.4 Å². The van der Waals surface area contributed by atoms with Crippen LogP contribution in [0.2, 0.25) is 0 Å². The van der Waals surface area contributed by atoms with Crippen molar-refractivity contribution in [2.75, 3.05) is 11.1 Å². The van der Waals surface area contributed by atoms with Crippen LogP contribution >= 0.6 is 11.3 Å². The second-order valence-electron chi connectivity index (χ2n) is 4.74. The number of para-hydroxylation sites is 1. The number of hydrogen-bond acceptors (Lipinski definition) is 5. The van der Waals surface area contributed by atoms with Crippen LogP contribution in [0.1, 0.15) is 30.2 Å². The van der Waals surface area contributed by atoms with Crippen molar-refractivity contribution in [1.82, 2.24) is 4.98 Å². The molecule has 0 radical (unpaired) electrons. The number of thiazole rings is 1. The molecule has 2 aromatic rings. The first kappa shape index (κ1) is 16.0. The molecule has 0 atom stereocenters. The van der Waals surface area contributed by atoms with Gasteiger partial charge in [0.05, 0.1) is 22.9 Å². The van der Waals surface area contributed by atoms with Gasteiger partial charge in [0.15, 0.2) is 9.84 Å². The lowest BCUT2D eigenvalue weighted by Crippen LogP contribution is -2.10. The molecule has 0 fully saturated rings. The highest BCUT2D eigenvalue weighted by molar-refractivity contribution is 7.91. The van der Waals surface area contributed by atoms with Crippen molar-refractivity contribution in [2.24, 2.45) is 0 Å². The third kappa shape index (κ3) is 4.04. The standard InChI is InChI=1S/C15H20N2O2S2/c1-3-9-21(18,19)14-8-6-5-7-13(14)16-11-15-17-10-12(4-2)20-15/h5-8,10,16H,3-4,9,11H2,1-2H3. The molecule has 0 bridgehead atoms. The molecule has 6 heteroatoms. The van der Waals surface area contributed by atoms with Crippen molar-refractivity contribution < 1.29 is 8.42 Å². The van der Waals surface area contributed by atoms with E-state index in [1.165, 1.54) is 4.88 Å². The molecule has 1 heterocycles. The minimum Gasteiger partial charge on any atom is -0.377 e. The molecular weight excluding hydrogens is 304 g/mol. The SMILES string of the molecule is CCCS(=O)(=O)c1ccccc1NCc1ncc(CC)s1. The first-order chi connectivity index (χ1) is 10.1. The van der Waals surface area contributed by atoms with Crippen LogP contribution in [0.25, 0.3) is 0 Å². The summed E-state index contributed by atoms with van der Waals surface area (Å²) in [5, 5.41) is 4.17. The number of aromatic nitrogens is 1. The molecule has 0 saturated heterocycles. The number of rotatable bonds is 7. The Morgan fingerprint density at radius 2 is 2.00 bits per heavy atom. The number of anilines is 1.